The highest BCUT2D eigenvalue weighted by atomic mass is 16.5. The van der Waals surface area contributed by atoms with Gasteiger partial charge in [-0.1, -0.05) is 32.9 Å². The Morgan fingerprint density at radius 1 is 1.21 bits per heavy atom. The van der Waals surface area contributed by atoms with E-state index in [0.717, 1.165) is 5.56 Å². The van der Waals surface area contributed by atoms with E-state index in [0.29, 0.717) is 22.9 Å². The molecule has 2 N–H and O–H groups in total. The summed E-state index contributed by atoms with van der Waals surface area (Å²) in [5.74, 6) is 0.729. The van der Waals surface area contributed by atoms with Gasteiger partial charge >= 0.3 is 0 Å². The summed E-state index contributed by atoms with van der Waals surface area (Å²) in [6.07, 6.45) is -1.22. The van der Waals surface area contributed by atoms with Gasteiger partial charge in [0.05, 0.1) is 5.69 Å². The van der Waals surface area contributed by atoms with Crippen LogP contribution >= 0.6 is 0 Å². The molecule has 0 spiro atoms. The summed E-state index contributed by atoms with van der Waals surface area (Å²) in [6.45, 7) is 9.76. The molecule has 0 saturated heterocycles. The summed E-state index contributed by atoms with van der Waals surface area (Å²) in [5.41, 5.74) is 2.23. The first-order valence-corrected chi connectivity index (χ1v) is 9.33. The van der Waals surface area contributed by atoms with Crippen molar-refractivity contribution >= 4 is 23.2 Å². The van der Waals surface area contributed by atoms with E-state index in [9.17, 15) is 9.59 Å². The lowest BCUT2D eigenvalue weighted by molar-refractivity contribution is -0.123. The topological polar surface area (TPSA) is 76.7 Å². The fraction of sp³-hybridized carbons (Fsp3) is 0.364. The van der Waals surface area contributed by atoms with Gasteiger partial charge in [-0.25, -0.2) is 0 Å². The van der Waals surface area contributed by atoms with E-state index in [4.69, 9.17) is 9.47 Å². The average Bonchev–Trinajstić information content (AvgIpc) is 2.62. The van der Waals surface area contributed by atoms with Crippen molar-refractivity contribution < 1.29 is 19.1 Å². The maximum absolute atomic E-state index is 12.5. The first kappa shape index (κ1) is 19.7. The second-order valence-corrected chi connectivity index (χ2v) is 7.99. The van der Waals surface area contributed by atoms with Crippen LogP contribution in [0.4, 0.5) is 11.4 Å². The van der Waals surface area contributed by atoms with Crippen molar-refractivity contribution in [2.24, 2.45) is 0 Å². The minimum absolute atomic E-state index is 0.00198. The largest absolute Gasteiger partial charge is 0.481 e. The van der Waals surface area contributed by atoms with Crippen molar-refractivity contribution in [1.82, 2.24) is 0 Å². The van der Waals surface area contributed by atoms with Crippen LogP contribution in [0.3, 0.4) is 0 Å². The quantitative estimate of drug-likeness (QED) is 0.834. The molecule has 0 unspecified atom stereocenters. The number of amides is 2. The van der Waals surface area contributed by atoms with Gasteiger partial charge in [0.25, 0.3) is 11.8 Å². The fourth-order valence-electron chi connectivity index (χ4n) is 2.82. The smallest absolute Gasteiger partial charge is 0.265 e. The van der Waals surface area contributed by atoms with Gasteiger partial charge in [-0.3, -0.25) is 9.59 Å². The van der Waals surface area contributed by atoms with E-state index >= 15 is 0 Å². The highest BCUT2D eigenvalue weighted by Crippen LogP contribution is 2.32. The molecule has 2 amide bonds. The normalized spacial score (nSPS) is 17.0. The molecular weight excluding hydrogens is 356 g/mol. The summed E-state index contributed by atoms with van der Waals surface area (Å²) >= 11 is 0. The first-order chi connectivity index (χ1) is 13.1. The van der Waals surface area contributed by atoms with Gasteiger partial charge in [0.1, 0.15) is 11.5 Å². The zero-order valence-electron chi connectivity index (χ0n) is 16.8. The molecule has 1 aliphatic heterocycles. The zero-order chi connectivity index (χ0) is 20.5. The molecule has 148 valence electrons. The molecule has 0 aromatic heterocycles. The number of ether oxygens (including phenoxy) is 2. The maximum atomic E-state index is 12.5. The van der Waals surface area contributed by atoms with Crippen molar-refractivity contribution in [1.29, 1.82) is 0 Å². The SMILES string of the molecule is C[C@@H]1Oc2ccc(NC(=O)[C@@H](C)Oc3cccc(C(C)(C)C)c3)cc2NC1=O. The molecule has 3 rings (SSSR count). The number of hydrogen-bond donors (Lipinski definition) is 2. The van der Waals surface area contributed by atoms with Crippen LogP contribution in [0, 0.1) is 0 Å². The summed E-state index contributed by atoms with van der Waals surface area (Å²) < 4.78 is 11.3. The molecule has 0 bridgehead atoms. The van der Waals surface area contributed by atoms with Crippen LogP contribution < -0.4 is 20.1 Å². The second kappa shape index (κ2) is 7.54. The Labute approximate surface area is 165 Å². The number of nitrogens with one attached hydrogen (secondary N) is 2. The van der Waals surface area contributed by atoms with Crippen LogP contribution in [0.15, 0.2) is 42.5 Å². The molecule has 0 aliphatic carbocycles. The molecule has 2 aromatic rings. The molecule has 1 aliphatic rings. The number of hydrogen-bond acceptors (Lipinski definition) is 4. The van der Waals surface area contributed by atoms with E-state index in [1.165, 1.54) is 0 Å². The van der Waals surface area contributed by atoms with Crippen molar-refractivity contribution in [3.63, 3.8) is 0 Å². The molecular formula is C22H26N2O4. The lowest BCUT2D eigenvalue weighted by Crippen LogP contribution is -2.34. The van der Waals surface area contributed by atoms with Gasteiger partial charge in [-0.15, -0.1) is 0 Å². The number of rotatable bonds is 4. The molecule has 0 fully saturated rings. The van der Waals surface area contributed by atoms with Crippen LogP contribution in [0.1, 0.15) is 40.2 Å². The van der Waals surface area contributed by atoms with Gasteiger partial charge in [0.15, 0.2) is 12.2 Å². The maximum Gasteiger partial charge on any atom is 0.265 e. The molecule has 0 saturated carbocycles. The van der Waals surface area contributed by atoms with E-state index in [-0.39, 0.29) is 17.2 Å². The molecule has 6 heteroatoms. The predicted octanol–water partition coefficient (Wildman–Crippen LogP) is 4.11. The Morgan fingerprint density at radius 3 is 2.68 bits per heavy atom. The van der Waals surface area contributed by atoms with E-state index in [1.54, 1.807) is 32.0 Å². The van der Waals surface area contributed by atoms with Crippen LogP contribution in [0.2, 0.25) is 0 Å². The van der Waals surface area contributed by atoms with Gasteiger partial charge in [0.2, 0.25) is 0 Å². The number of fused-ring (bicyclic) bond motifs is 1. The minimum Gasteiger partial charge on any atom is -0.481 e. The third kappa shape index (κ3) is 4.44. The third-order valence-electron chi connectivity index (χ3n) is 4.56. The third-order valence-corrected chi connectivity index (χ3v) is 4.56. The zero-order valence-corrected chi connectivity index (χ0v) is 16.8. The van der Waals surface area contributed by atoms with Crippen LogP contribution in [-0.4, -0.2) is 24.0 Å². The molecule has 2 atom stereocenters. The number of anilines is 2. The van der Waals surface area contributed by atoms with Crippen molar-refractivity contribution in [3.05, 3.63) is 48.0 Å². The van der Waals surface area contributed by atoms with Crippen LogP contribution in [-0.2, 0) is 15.0 Å². The Hall–Kier alpha value is -3.02. The van der Waals surface area contributed by atoms with Gasteiger partial charge in [-0.05, 0) is 55.2 Å². The van der Waals surface area contributed by atoms with Crippen LogP contribution in [0.25, 0.3) is 0 Å². The van der Waals surface area contributed by atoms with Crippen molar-refractivity contribution in [2.75, 3.05) is 10.6 Å². The Kier molecular flexibility index (Phi) is 5.31. The Bertz CT molecular complexity index is 902. The molecule has 6 nitrogen and oxygen atoms in total. The van der Waals surface area contributed by atoms with E-state index < -0.39 is 12.2 Å². The fourth-order valence-corrected chi connectivity index (χ4v) is 2.82. The van der Waals surface area contributed by atoms with Gasteiger partial charge in [-0.2, -0.15) is 0 Å². The average molecular weight is 382 g/mol. The standard InChI is InChI=1S/C22H26N2O4/c1-13(27-17-8-6-7-15(11-17)22(3,4)5)20(25)23-16-9-10-19-18(12-16)24-21(26)14(2)28-19/h6-14H,1-5H3,(H,23,25)(H,24,26)/t13-,14+/m1/s1. The summed E-state index contributed by atoms with van der Waals surface area (Å²) in [7, 11) is 0. The summed E-state index contributed by atoms with van der Waals surface area (Å²) in [5, 5.41) is 5.58. The molecule has 1 heterocycles. The second-order valence-electron chi connectivity index (χ2n) is 7.99. The first-order valence-electron chi connectivity index (χ1n) is 9.33. The summed E-state index contributed by atoms with van der Waals surface area (Å²) in [6, 6.07) is 12.9. The monoisotopic (exact) mass is 382 g/mol. The van der Waals surface area contributed by atoms with Crippen LogP contribution in [0.5, 0.6) is 11.5 Å². The predicted molar refractivity (Wildman–Crippen MR) is 109 cm³/mol. The Morgan fingerprint density at radius 2 is 1.96 bits per heavy atom. The molecule has 28 heavy (non-hydrogen) atoms. The highest BCUT2D eigenvalue weighted by molar-refractivity contribution is 5.99. The summed E-state index contributed by atoms with van der Waals surface area (Å²) in [4.78, 5) is 24.3. The highest BCUT2D eigenvalue weighted by Gasteiger charge is 2.24. The Balaban J connectivity index is 1.67. The number of carbonyl (C=O) groups is 2. The van der Waals surface area contributed by atoms with Crippen molar-refractivity contribution in [2.45, 2.75) is 52.2 Å². The lowest BCUT2D eigenvalue weighted by Gasteiger charge is -2.24. The van der Waals surface area contributed by atoms with E-state index in [1.807, 2.05) is 24.3 Å². The minimum atomic E-state index is -0.683. The molecule has 2 aromatic carbocycles. The van der Waals surface area contributed by atoms with Crippen molar-refractivity contribution in [3.8, 4) is 11.5 Å². The lowest BCUT2D eigenvalue weighted by atomic mass is 9.87. The van der Waals surface area contributed by atoms with Gasteiger partial charge < -0.3 is 20.1 Å². The van der Waals surface area contributed by atoms with Gasteiger partial charge in [0, 0.05) is 5.69 Å². The van der Waals surface area contributed by atoms with E-state index in [2.05, 4.69) is 31.4 Å². The number of benzene rings is 2. The molecule has 0 radical (unpaired) electrons. The number of carbonyl (C=O) groups excluding carboxylic acids is 2.